The Morgan fingerprint density at radius 3 is 2.44 bits per heavy atom. The first-order valence-electron chi connectivity index (χ1n) is 9.94. The molecule has 5 rings (SSSR count). The van der Waals surface area contributed by atoms with Gasteiger partial charge in [0, 0.05) is 26.7 Å². The van der Waals surface area contributed by atoms with Gasteiger partial charge in [-0.2, -0.15) is 0 Å². The topological polar surface area (TPSA) is 65.4 Å². The third kappa shape index (κ3) is 3.21. The van der Waals surface area contributed by atoms with Crippen molar-refractivity contribution >= 4 is 48.3 Å². The normalized spacial score (nSPS) is 11.8. The predicted octanol–water partition coefficient (Wildman–Crippen LogP) is 5.86. The maximum Gasteiger partial charge on any atom is 0.340 e. The molecular formula is C25H19NO4S2. The van der Waals surface area contributed by atoms with E-state index in [0.717, 1.165) is 26.1 Å². The van der Waals surface area contributed by atoms with Gasteiger partial charge in [-0.05, 0) is 42.6 Å². The van der Waals surface area contributed by atoms with E-state index in [-0.39, 0.29) is 10.5 Å². The number of aryl methyl sites for hydroxylation is 1. The van der Waals surface area contributed by atoms with Crippen molar-refractivity contribution in [1.29, 1.82) is 0 Å². The molecule has 0 aliphatic heterocycles. The highest BCUT2D eigenvalue weighted by Crippen LogP contribution is 2.40. The summed E-state index contributed by atoms with van der Waals surface area (Å²) in [6, 6.07) is 21.9. The number of thiophene rings is 1. The number of methoxy groups -OCH3 is 1. The van der Waals surface area contributed by atoms with E-state index in [1.807, 2.05) is 43.3 Å². The molecule has 32 heavy (non-hydrogen) atoms. The van der Waals surface area contributed by atoms with Gasteiger partial charge >= 0.3 is 5.97 Å². The molecule has 0 saturated carbocycles. The Balaban J connectivity index is 1.84. The average Bonchev–Trinajstić information content (AvgIpc) is 3.40. The summed E-state index contributed by atoms with van der Waals surface area (Å²) in [6.45, 7) is 1.90. The largest absolute Gasteiger partial charge is 0.465 e. The van der Waals surface area contributed by atoms with Crippen molar-refractivity contribution in [3.63, 3.8) is 0 Å². The van der Waals surface area contributed by atoms with Crippen molar-refractivity contribution in [2.45, 2.75) is 11.8 Å². The van der Waals surface area contributed by atoms with Crippen LogP contribution in [0.25, 0.3) is 31.4 Å². The molecular weight excluding hydrogens is 442 g/mol. The molecule has 0 amide bonds. The van der Waals surface area contributed by atoms with Gasteiger partial charge < -0.3 is 4.74 Å². The first kappa shape index (κ1) is 20.5. The summed E-state index contributed by atoms with van der Waals surface area (Å²) >= 11 is 1.58. The second-order valence-electron chi connectivity index (χ2n) is 7.50. The number of fused-ring (bicyclic) bond motifs is 2. The monoisotopic (exact) mass is 461 g/mol. The van der Waals surface area contributed by atoms with Crippen LogP contribution >= 0.6 is 11.3 Å². The van der Waals surface area contributed by atoms with Gasteiger partial charge in [0.15, 0.2) is 0 Å². The minimum absolute atomic E-state index is 0.155. The number of hydrogen-bond donors (Lipinski definition) is 0. The van der Waals surface area contributed by atoms with Crippen LogP contribution in [0.3, 0.4) is 0 Å². The van der Waals surface area contributed by atoms with Gasteiger partial charge in [0.1, 0.15) is 0 Å². The third-order valence-electron chi connectivity index (χ3n) is 5.47. The van der Waals surface area contributed by atoms with Crippen LogP contribution in [-0.4, -0.2) is 25.5 Å². The molecule has 2 heterocycles. The quantitative estimate of drug-likeness (QED) is 0.315. The SMILES string of the molecule is COC(=O)c1cccc2c(-c3cc4ccccc4s3)cn(S(=O)(=O)c3ccc(C)cc3)c12. The van der Waals surface area contributed by atoms with Crippen molar-refractivity contribution < 1.29 is 17.9 Å². The number of aromatic nitrogens is 1. The second-order valence-corrected chi connectivity index (χ2v) is 10.4. The van der Waals surface area contributed by atoms with E-state index in [0.29, 0.717) is 10.9 Å². The van der Waals surface area contributed by atoms with Crippen LogP contribution in [0.4, 0.5) is 0 Å². The smallest absolute Gasteiger partial charge is 0.340 e. The van der Waals surface area contributed by atoms with Gasteiger partial charge in [0.2, 0.25) is 0 Å². The minimum atomic E-state index is -3.95. The van der Waals surface area contributed by atoms with Crippen molar-refractivity contribution in [2.24, 2.45) is 0 Å². The molecule has 2 aromatic heterocycles. The van der Waals surface area contributed by atoms with Crippen molar-refractivity contribution in [3.05, 3.63) is 90.1 Å². The molecule has 0 aliphatic rings. The van der Waals surface area contributed by atoms with Crippen LogP contribution in [-0.2, 0) is 14.8 Å². The zero-order chi connectivity index (χ0) is 22.5. The summed E-state index contributed by atoms with van der Waals surface area (Å²) < 4.78 is 34.6. The van der Waals surface area contributed by atoms with E-state index in [2.05, 4.69) is 0 Å². The molecule has 0 radical (unpaired) electrons. The van der Waals surface area contributed by atoms with E-state index in [1.165, 1.54) is 11.1 Å². The summed E-state index contributed by atoms with van der Waals surface area (Å²) in [7, 11) is -2.66. The van der Waals surface area contributed by atoms with Crippen LogP contribution < -0.4 is 0 Å². The molecule has 0 unspecified atom stereocenters. The summed E-state index contributed by atoms with van der Waals surface area (Å²) in [6.07, 6.45) is 1.61. The highest BCUT2D eigenvalue weighted by atomic mass is 32.2. The molecule has 5 aromatic rings. The molecule has 0 saturated heterocycles. The predicted molar refractivity (Wildman–Crippen MR) is 128 cm³/mol. The van der Waals surface area contributed by atoms with Crippen LogP contribution in [0.5, 0.6) is 0 Å². The van der Waals surface area contributed by atoms with Crippen molar-refractivity contribution in [1.82, 2.24) is 3.97 Å². The fourth-order valence-corrected chi connectivity index (χ4v) is 6.32. The lowest BCUT2D eigenvalue weighted by atomic mass is 10.1. The molecule has 0 aliphatic carbocycles. The molecule has 0 atom stereocenters. The number of ether oxygens (including phenoxy) is 1. The maximum absolute atomic E-state index is 13.7. The first-order valence-corrected chi connectivity index (χ1v) is 12.2. The van der Waals surface area contributed by atoms with Gasteiger partial charge in [-0.15, -0.1) is 11.3 Å². The number of hydrogen-bond acceptors (Lipinski definition) is 5. The molecule has 0 bridgehead atoms. The third-order valence-corrected chi connectivity index (χ3v) is 8.29. The number of carbonyl (C=O) groups excluding carboxylic acids is 1. The average molecular weight is 462 g/mol. The number of rotatable bonds is 4. The van der Waals surface area contributed by atoms with Gasteiger partial charge in [-0.1, -0.05) is 48.0 Å². The summed E-state index contributed by atoms with van der Waals surface area (Å²) in [5.74, 6) is -0.586. The van der Waals surface area contributed by atoms with Gasteiger partial charge in [-0.3, -0.25) is 0 Å². The van der Waals surface area contributed by atoms with Crippen LogP contribution in [0, 0.1) is 6.92 Å². The number of nitrogens with zero attached hydrogens (tertiary/aromatic N) is 1. The summed E-state index contributed by atoms with van der Waals surface area (Å²) in [5, 5.41) is 1.76. The number of benzene rings is 3. The lowest BCUT2D eigenvalue weighted by Crippen LogP contribution is -2.14. The molecule has 7 heteroatoms. The standard InChI is InChI=1S/C25H19NO4S2/c1-16-10-12-18(13-11-16)32(28,29)26-15-21(23-14-17-6-3-4-9-22(17)31-23)19-7-5-8-20(24(19)26)25(27)30-2/h3-15H,1-2H3. The zero-order valence-corrected chi connectivity index (χ0v) is 19.0. The van der Waals surface area contributed by atoms with Crippen LogP contribution in [0.2, 0.25) is 0 Å². The van der Waals surface area contributed by atoms with Gasteiger partial charge in [-0.25, -0.2) is 17.2 Å². The summed E-state index contributed by atoms with van der Waals surface area (Å²) in [4.78, 5) is 13.6. The maximum atomic E-state index is 13.7. The van der Waals surface area contributed by atoms with Gasteiger partial charge in [0.05, 0.1) is 23.1 Å². The Bertz CT molecular complexity index is 1560. The van der Waals surface area contributed by atoms with E-state index >= 15 is 0 Å². The zero-order valence-electron chi connectivity index (χ0n) is 17.4. The fourth-order valence-electron chi connectivity index (χ4n) is 3.85. The highest BCUT2D eigenvalue weighted by molar-refractivity contribution is 7.90. The Kier molecular flexibility index (Phi) is 4.87. The fraction of sp³-hybridized carbons (Fsp3) is 0.0800. The molecule has 160 valence electrons. The minimum Gasteiger partial charge on any atom is -0.465 e. The lowest BCUT2D eigenvalue weighted by Gasteiger charge is -2.10. The van der Waals surface area contributed by atoms with Crippen molar-refractivity contribution in [2.75, 3.05) is 7.11 Å². The van der Waals surface area contributed by atoms with E-state index < -0.39 is 16.0 Å². The van der Waals surface area contributed by atoms with Gasteiger partial charge in [0.25, 0.3) is 10.0 Å². The Morgan fingerprint density at radius 2 is 1.72 bits per heavy atom. The molecule has 0 spiro atoms. The second kappa shape index (κ2) is 7.62. The first-order chi connectivity index (χ1) is 15.4. The Labute approximate surface area is 189 Å². The Hall–Kier alpha value is -3.42. The molecule has 3 aromatic carbocycles. The number of esters is 1. The highest BCUT2D eigenvalue weighted by Gasteiger charge is 2.26. The van der Waals surface area contributed by atoms with E-state index in [9.17, 15) is 13.2 Å². The number of para-hydroxylation sites is 1. The van der Waals surface area contributed by atoms with Crippen molar-refractivity contribution in [3.8, 4) is 10.4 Å². The number of carbonyl (C=O) groups is 1. The lowest BCUT2D eigenvalue weighted by molar-refractivity contribution is 0.0602. The van der Waals surface area contributed by atoms with Crippen LogP contribution in [0.15, 0.2) is 83.9 Å². The van der Waals surface area contributed by atoms with Crippen LogP contribution in [0.1, 0.15) is 15.9 Å². The molecule has 0 N–H and O–H groups in total. The molecule has 0 fully saturated rings. The van der Waals surface area contributed by atoms with E-state index in [4.69, 9.17) is 4.74 Å². The summed E-state index contributed by atoms with van der Waals surface area (Å²) in [5.41, 5.74) is 2.23. The molecule has 5 nitrogen and oxygen atoms in total. The van der Waals surface area contributed by atoms with E-state index in [1.54, 1.807) is 53.9 Å². The Morgan fingerprint density at radius 1 is 0.969 bits per heavy atom.